The summed E-state index contributed by atoms with van der Waals surface area (Å²) >= 11 is 0. The molecule has 1 heterocycles. The molecule has 1 aromatic heterocycles. The first-order valence-electron chi connectivity index (χ1n) is 7.26. The number of fused-ring (bicyclic) bond motifs is 1. The first-order chi connectivity index (χ1) is 10.2. The highest BCUT2D eigenvalue weighted by molar-refractivity contribution is 5.80. The quantitative estimate of drug-likeness (QED) is 0.939. The lowest BCUT2D eigenvalue weighted by Gasteiger charge is -2.26. The third kappa shape index (κ3) is 2.75. The van der Waals surface area contributed by atoms with Crippen LogP contribution in [-0.2, 0) is 11.3 Å². The van der Waals surface area contributed by atoms with Crippen LogP contribution in [0.5, 0.6) is 0 Å². The van der Waals surface area contributed by atoms with Crippen molar-refractivity contribution >= 4 is 16.9 Å². The van der Waals surface area contributed by atoms with Crippen LogP contribution in [0.1, 0.15) is 31.2 Å². The highest BCUT2D eigenvalue weighted by Gasteiger charge is 2.26. The molecule has 1 aromatic carbocycles. The minimum atomic E-state index is -0.670. The van der Waals surface area contributed by atoms with Crippen molar-refractivity contribution in [2.24, 2.45) is 11.8 Å². The highest BCUT2D eigenvalue weighted by atomic mass is 16.4. The maximum atomic E-state index is 11.0. The van der Waals surface area contributed by atoms with Gasteiger partial charge in [-0.15, -0.1) is 0 Å². The van der Waals surface area contributed by atoms with Gasteiger partial charge >= 0.3 is 5.97 Å². The fourth-order valence-corrected chi connectivity index (χ4v) is 3.12. The molecule has 1 aliphatic carbocycles. The number of hydrogen-bond acceptors (Lipinski definition) is 3. The number of carbonyl (C=O) groups is 1. The van der Waals surface area contributed by atoms with E-state index in [1.165, 1.54) is 0 Å². The van der Waals surface area contributed by atoms with E-state index in [1.807, 2.05) is 23.0 Å². The Bertz CT molecular complexity index is 706. The fraction of sp³-hybridized carbons (Fsp3) is 0.438. The minimum Gasteiger partial charge on any atom is -0.481 e. The number of nitrogens with zero attached hydrogens (tertiary/aromatic N) is 3. The van der Waals surface area contributed by atoms with Crippen molar-refractivity contribution in [3.05, 3.63) is 30.0 Å². The van der Waals surface area contributed by atoms with E-state index in [0.29, 0.717) is 11.5 Å². The summed E-state index contributed by atoms with van der Waals surface area (Å²) in [6.45, 7) is 0.796. The zero-order valence-corrected chi connectivity index (χ0v) is 11.7. The van der Waals surface area contributed by atoms with Gasteiger partial charge in [-0.25, -0.2) is 0 Å². The summed E-state index contributed by atoms with van der Waals surface area (Å²) in [7, 11) is 0. The van der Waals surface area contributed by atoms with E-state index in [9.17, 15) is 4.79 Å². The maximum absolute atomic E-state index is 11.0. The molecule has 5 heteroatoms. The largest absolute Gasteiger partial charge is 0.481 e. The number of carboxylic acids is 1. The molecule has 1 aliphatic rings. The van der Waals surface area contributed by atoms with Gasteiger partial charge in [0, 0.05) is 11.9 Å². The Balaban J connectivity index is 1.74. The zero-order chi connectivity index (χ0) is 14.8. The van der Waals surface area contributed by atoms with Crippen molar-refractivity contribution in [2.45, 2.75) is 32.2 Å². The lowest BCUT2D eigenvalue weighted by molar-refractivity contribution is -0.143. The van der Waals surface area contributed by atoms with E-state index in [4.69, 9.17) is 10.4 Å². The van der Waals surface area contributed by atoms with Crippen LogP contribution < -0.4 is 0 Å². The van der Waals surface area contributed by atoms with Crippen molar-refractivity contribution in [1.82, 2.24) is 9.78 Å². The second kappa shape index (κ2) is 5.57. The first kappa shape index (κ1) is 13.6. The van der Waals surface area contributed by atoms with Crippen LogP contribution in [-0.4, -0.2) is 20.9 Å². The van der Waals surface area contributed by atoms with Crippen LogP contribution in [0.25, 0.3) is 10.9 Å². The Morgan fingerprint density at radius 2 is 2.14 bits per heavy atom. The average molecular weight is 283 g/mol. The monoisotopic (exact) mass is 283 g/mol. The molecule has 1 fully saturated rings. The number of benzene rings is 1. The van der Waals surface area contributed by atoms with Crippen molar-refractivity contribution in [3.63, 3.8) is 0 Å². The van der Waals surface area contributed by atoms with Gasteiger partial charge in [0.15, 0.2) is 0 Å². The van der Waals surface area contributed by atoms with E-state index in [0.717, 1.165) is 43.1 Å². The maximum Gasteiger partial charge on any atom is 0.306 e. The van der Waals surface area contributed by atoms with E-state index >= 15 is 0 Å². The third-order valence-corrected chi connectivity index (χ3v) is 4.40. The molecule has 0 spiro atoms. The van der Waals surface area contributed by atoms with Crippen LogP contribution >= 0.6 is 0 Å². The molecule has 1 N–H and O–H groups in total. The highest BCUT2D eigenvalue weighted by Crippen LogP contribution is 2.30. The minimum absolute atomic E-state index is 0.180. The summed E-state index contributed by atoms with van der Waals surface area (Å²) < 4.78 is 1.95. The number of rotatable bonds is 3. The summed E-state index contributed by atoms with van der Waals surface area (Å²) in [6, 6.07) is 7.73. The molecule has 0 unspecified atom stereocenters. The van der Waals surface area contributed by atoms with E-state index in [-0.39, 0.29) is 5.92 Å². The second-order valence-corrected chi connectivity index (χ2v) is 5.77. The molecule has 21 heavy (non-hydrogen) atoms. The Morgan fingerprint density at radius 1 is 1.38 bits per heavy atom. The van der Waals surface area contributed by atoms with Crippen LogP contribution in [0.2, 0.25) is 0 Å². The van der Waals surface area contributed by atoms with Crippen molar-refractivity contribution < 1.29 is 9.90 Å². The van der Waals surface area contributed by atoms with Gasteiger partial charge in [0.1, 0.15) is 0 Å². The smallest absolute Gasteiger partial charge is 0.306 e. The van der Waals surface area contributed by atoms with Crippen molar-refractivity contribution in [2.75, 3.05) is 0 Å². The molecule has 0 bridgehead atoms. The molecule has 2 aromatic rings. The predicted molar refractivity (Wildman–Crippen MR) is 77.5 cm³/mol. The summed E-state index contributed by atoms with van der Waals surface area (Å²) in [5.74, 6) is -0.383. The number of aromatic nitrogens is 2. The van der Waals surface area contributed by atoms with Gasteiger partial charge < -0.3 is 5.11 Å². The second-order valence-electron chi connectivity index (χ2n) is 5.77. The van der Waals surface area contributed by atoms with Crippen LogP contribution in [0.15, 0.2) is 24.4 Å². The van der Waals surface area contributed by atoms with E-state index in [1.54, 1.807) is 6.07 Å². The Morgan fingerprint density at radius 3 is 2.81 bits per heavy atom. The number of nitriles is 1. The van der Waals surface area contributed by atoms with Crippen molar-refractivity contribution in [1.29, 1.82) is 5.26 Å². The molecular formula is C16H17N3O2. The van der Waals surface area contributed by atoms with Crippen molar-refractivity contribution in [3.8, 4) is 6.07 Å². The summed E-state index contributed by atoms with van der Waals surface area (Å²) in [4.78, 5) is 11.0. The van der Waals surface area contributed by atoms with Crippen LogP contribution in [0.4, 0.5) is 0 Å². The van der Waals surface area contributed by atoms with Gasteiger partial charge in [0.05, 0.1) is 29.3 Å². The molecule has 5 nitrogen and oxygen atoms in total. The first-order valence-corrected chi connectivity index (χ1v) is 7.26. The van der Waals surface area contributed by atoms with Gasteiger partial charge in [-0.2, -0.15) is 10.4 Å². The van der Waals surface area contributed by atoms with Gasteiger partial charge in [-0.05, 0) is 49.8 Å². The lowest BCUT2D eigenvalue weighted by atomic mass is 9.82. The van der Waals surface area contributed by atoms with E-state index < -0.39 is 5.97 Å². The topological polar surface area (TPSA) is 78.9 Å². The van der Waals surface area contributed by atoms with Gasteiger partial charge in [0.25, 0.3) is 0 Å². The predicted octanol–water partition coefficient (Wildman–Crippen LogP) is 2.80. The Kier molecular flexibility index (Phi) is 3.61. The van der Waals surface area contributed by atoms with Gasteiger partial charge in [-0.1, -0.05) is 0 Å². The summed E-state index contributed by atoms with van der Waals surface area (Å²) in [6.07, 6.45) is 5.18. The SMILES string of the molecule is N#Cc1ccc2cnn(C[C@H]3CC[C@H](C(=O)O)CC3)c2c1. The molecule has 0 saturated heterocycles. The average Bonchev–Trinajstić information content (AvgIpc) is 2.90. The summed E-state index contributed by atoms with van der Waals surface area (Å²) in [5, 5.41) is 23.5. The van der Waals surface area contributed by atoms with Crippen LogP contribution in [0, 0.1) is 23.2 Å². The molecule has 0 atom stereocenters. The summed E-state index contributed by atoms with van der Waals surface area (Å²) in [5.41, 5.74) is 1.62. The molecule has 108 valence electrons. The number of hydrogen-bond donors (Lipinski definition) is 1. The Labute approximate surface area is 122 Å². The van der Waals surface area contributed by atoms with E-state index in [2.05, 4.69) is 11.2 Å². The molecule has 0 amide bonds. The standard InChI is InChI=1S/C16H17N3O2/c17-8-12-3-6-14-9-18-19(15(14)7-12)10-11-1-4-13(5-2-11)16(20)21/h3,6-7,9,11,13H,1-2,4-5,10H2,(H,20,21)/t11-,13-. The van der Waals surface area contributed by atoms with Gasteiger partial charge in [0.2, 0.25) is 0 Å². The normalized spacial score (nSPS) is 22.0. The number of carboxylic acid groups (broad SMARTS) is 1. The molecule has 3 rings (SSSR count). The molecule has 1 saturated carbocycles. The fourth-order valence-electron chi connectivity index (χ4n) is 3.12. The Hall–Kier alpha value is -2.35. The number of aliphatic carboxylic acids is 1. The molecular weight excluding hydrogens is 266 g/mol. The van der Waals surface area contributed by atoms with Gasteiger partial charge in [-0.3, -0.25) is 9.48 Å². The lowest BCUT2D eigenvalue weighted by Crippen LogP contribution is -2.24. The molecule has 0 aliphatic heterocycles. The molecule has 0 radical (unpaired) electrons. The van der Waals surface area contributed by atoms with Crippen LogP contribution in [0.3, 0.4) is 0 Å². The third-order valence-electron chi connectivity index (χ3n) is 4.40. The zero-order valence-electron chi connectivity index (χ0n) is 11.7.